The molecule has 0 N–H and O–H groups in total. The summed E-state index contributed by atoms with van der Waals surface area (Å²) in [5.74, 6) is 14.1. The first-order valence-corrected chi connectivity index (χ1v) is 23.5. The zero-order chi connectivity index (χ0) is 53.4. The van der Waals surface area contributed by atoms with Crippen molar-refractivity contribution in [3.8, 4) is 47.4 Å². The number of nitrogens with zero attached hydrogens (tertiary/aromatic N) is 4. The minimum absolute atomic E-state index is 0.0234. The van der Waals surface area contributed by atoms with Crippen molar-refractivity contribution < 1.29 is 61.2 Å². The van der Waals surface area contributed by atoms with Crippen LogP contribution in [-0.4, -0.2) is 92.4 Å². The number of imide groups is 10. The van der Waals surface area contributed by atoms with E-state index in [9.17, 15) is 61.2 Å². The van der Waals surface area contributed by atoms with Gasteiger partial charge in [0, 0.05) is 25.7 Å². The lowest BCUT2D eigenvalue weighted by Crippen LogP contribution is -2.35. The summed E-state index contributed by atoms with van der Waals surface area (Å²) in [4.78, 5) is 127. The van der Waals surface area contributed by atoms with Gasteiger partial charge in [-0.1, -0.05) is 103 Å². The van der Waals surface area contributed by atoms with Gasteiger partial charge in [-0.15, -0.1) is 23.7 Å². The zero-order valence-corrected chi connectivity index (χ0v) is 42.1. The van der Waals surface area contributed by atoms with Gasteiger partial charge in [0.05, 0.1) is 42.4 Å². The Hall–Kier alpha value is -7.80. The van der Waals surface area contributed by atoms with Crippen molar-refractivity contribution in [2.45, 2.75) is 139 Å². The summed E-state index contributed by atoms with van der Waals surface area (Å²) in [6.07, 6.45) is 0.0297. The quantitative estimate of drug-likeness (QED) is 0.244. The first-order chi connectivity index (χ1) is 33.0. The molecule has 2 saturated heterocycles. The molecule has 6 rings (SSSR count). The van der Waals surface area contributed by atoms with Crippen molar-refractivity contribution in [1.82, 2.24) is 19.0 Å². The third-order valence-electron chi connectivity index (χ3n) is 8.36. The van der Waals surface area contributed by atoms with Crippen molar-refractivity contribution in [3.05, 3.63) is 65.2 Å². The molecule has 0 unspecified atom stereocenters. The van der Waals surface area contributed by atoms with Gasteiger partial charge in [-0.05, 0) is 52.0 Å². The van der Waals surface area contributed by atoms with Crippen LogP contribution >= 0.6 is 0 Å². The lowest BCUT2D eigenvalue weighted by atomic mass is 10.1. The van der Waals surface area contributed by atoms with E-state index in [0.717, 1.165) is 0 Å². The van der Waals surface area contributed by atoms with Gasteiger partial charge < -0.3 is 0 Å². The zero-order valence-electron chi connectivity index (χ0n) is 41.3. The molecule has 0 atom stereocenters. The van der Waals surface area contributed by atoms with E-state index < -0.39 is 75.0 Å². The maximum atomic E-state index is 12.0. The van der Waals surface area contributed by atoms with E-state index in [-0.39, 0.29) is 73.0 Å². The summed E-state index contributed by atoms with van der Waals surface area (Å²) in [5.41, 5.74) is 0.570. The van der Waals surface area contributed by atoms with E-state index in [4.69, 9.17) is 0 Å². The molecule has 0 spiro atoms. The molecule has 0 radical (unpaired) electrons. The van der Waals surface area contributed by atoms with Gasteiger partial charge in [0.25, 0.3) is 33.7 Å². The van der Waals surface area contributed by atoms with Crippen LogP contribution in [0, 0.1) is 47.4 Å². The molecule has 4 heterocycles. The highest BCUT2D eigenvalue weighted by Crippen LogP contribution is 2.30. The Labute approximate surface area is 405 Å². The molecular weight excluding hydrogens is 909 g/mol. The molecule has 0 saturated carbocycles. The fourth-order valence-electron chi connectivity index (χ4n) is 5.52. The maximum Gasteiger partial charge on any atom is 0.276 e. The van der Waals surface area contributed by atoms with Gasteiger partial charge in [0.15, 0.2) is 0 Å². The monoisotopic (exact) mass is 968 g/mol. The summed E-state index contributed by atoms with van der Waals surface area (Å²) in [5, 5.41) is 0. The first-order valence-electron chi connectivity index (χ1n) is 22.1. The molecule has 17 nitrogen and oxygen atoms in total. The molecular formula is C51H60N4O13S. The van der Waals surface area contributed by atoms with Crippen molar-refractivity contribution in [1.29, 1.82) is 0 Å². The summed E-state index contributed by atoms with van der Waals surface area (Å²) in [6.45, 7) is 22.3. The summed E-state index contributed by atoms with van der Waals surface area (Å²) in [7, 11) is -4.06. The van der Waals surface area contributed by atoms with Crippen LogP contribution in [0.15, 0.2) is 53.4 Å². The lowest BCUT2D eigenvalue weighted by Gasteiger charge is -2.10. The van der Waals surface area contributed by atoms with Gasteiger partial charge in [-0.25, -0.2) is 23.1 Å². The standard InChI is InChI=1S/C13H9NO3.C12H9NO4S.2C9H9NO3.4C2H6/c1-2-3-8-11(15)14-12(16)9-6-4-5-7-10(9)13(14)17;1-2-3-8-11(14)13-12(15)9-6-4-5-7-10(9)18(13,16)17;2*1-2-3-4-7(11)10-8(12)5-6-9(10)13;4*1-2/h4-7H,8H2,1H3;4-7H,8H2,1H3;2*4-6H2,1H3;4*1-2H3. The number of fused-ring (bicyclic) bond motifs is 2. The Morgan fingerprint density at radius 3 is 1.00 bits per heavy atom. The van der Waals surface area contributed by atoms with Crippen molar-refractivity contribution in [2.24, 2.45) is 0 Å². The molecule has 2 aromatic carbocycles. The van der Waals surface area contributed by atoms with Crippen LogP contribution in [-0.2, 0) is 48.4 Å². The average molecular weight is 969 g/mol. The second-order valence-corrected chi connectivity index (χ2v) is 14.1. The second kappa shape index (κ2) is 33.6. The smallest absolute Gasteiger partial charge is 0.274 e. The molecule has 18 heteroatoms. The predicted octanol–water partition coefficient (Wildman–Crippen LogP) is 6.25. The fourth-order valence-corrected chi connectivity index (χ4v) is 7.05. The van der Waals surface area contributed by atoms with Gasteiger partial charge in [-0.3, -0.25) is 52.7 Å². The number of carbonyl (C=O) groups excluding carboxylic acids is 11. The molecule has 4 aliphatic rings. The number of hydrogen-bond donors (Lipinski definition) is 0. The van der Waals surface area contributed by atoms with E-state index in [1.807, 2.05) is 55.4 Å². The number of rotatable bonds is 4. The Kier molecular flexibility index (Phi) is 30.8. The molecule has 0 aliphatic carbocycles. The lowest BCUT2D eigenvalue weighted by molar-refractivity contribution is -0.151. The summed E-state index contributed by atoms with van der Waals surface area (Å²) >= 11 is 0. The molecule has 0 bridgehead atoms. The minimum atomic E-state index is -4.06. The highest BCUT2D eigenvalue weighted by Gasteiger charge is 2.44. The van der Waals surface area contributed by atoms with Crippen LogP contribution in [0.1, 0.15) is 166 Å². The Bertz CT molecular complexity index is 2490. The highest BCUT2D eigenvalue weighted by molar-refractivity contribution is 7.90. The number of hydrogen-bond acceptors (Lipinski definition) is 13. The Morgan fingerprint density at radius 1 is 0.420 bits per heavy atom. The van der Waals surface area contributed by atoms with Gasteiger partial charge in [0.2, 0.25) is 41.4 Å². The third-order valence-corrected chi connectivity index (χ3v) is 10.1. The van der Waals surface area contributed by atoms with Gasteiger partial charge >= 0.3 is 0 Å². The molecule has 4 aliphatic heterocycles. The number of sulfonamides is 1. The van der Waals surface area contributed by atoms with Crippen molar-refractivity contribution >= 4 is 75.0 Å². The van der Waals surface area contributed by atoms with Crippen molar-refractivity contribution in [2.75, 3.05) is 0 Å². The number of likely N-dealkylation sites (tertiary alicyclic amines) is 2. The predicted molar refractivity (Wildman–Crippen MR) is 257 cm³/mol. The highest BCUT2D eigenvalue weighted by atomic mass is 32.2. The maximum absolute atomic E-state index is 12.0. The Balaban J connectivity index is 0. The van der Waals surface area contributed by atoms with E-state index in [0.29, 0.717) is 19.0 Å². The van der Waals surface area contributed by atoms with Crippen molar-refractivity contribution in [3.63, 3.8) is 0 Å². The SMILES string of the molecule is CC.CC.CC.CC.CC#CCC(=O)N1C(=O)CCC1=O.CC#CCC(=O)N1C(=O)CCC1=O.CC#CCC(=O)N1C(=O)c2ccccc2C1=O.CC#CCC(=O)N1C(=O)c2ccccc2S1(=O)=O. The molecule has 2 fully saturated rings. The van der Waals surface area contributed by atoms with E-state index in [2.05, 4.69) is 47.4 Å². The number of amides is 11. The number of carbonyl (C=O) groups is 11. The van der Waals surface area contributed by atoms with E-state index in [1.165, 1.54) is 37.3 Å². The average Bonchev–Trinajstić information content (AvgIpc) is 4.04. The topological polar surface area (TPSA) is 235 Å². The second-order valence-electron chi connectivity index (χ2n) is 12.3. The Morgan fingerprint density at radius 2 is 0.696 bits per heavy atom. The van der Waals surface area contributed by atoms with E-state index >= 15 is 0 Å². The van der Waals surface area contributed by atoms with Crippen LogP contribution < -0.4 is 0 Å². The van der Waals surface area contributed by atoms with E-state index in [1.54, 1.807) is 39.0 Å². The largest absolute Gasteiger partial charge is 0.276 e. The molecule has 368 valence electrons. The van der Waals surface area contributed by atoms with Gasteiger partial charge in [-0.2, -0.15) is 4.31 Å². The van der Waals surface area contributed by atoms with Crippen LogP contribution in [0.25, 0.3) is 0 Å². The molecule has 0 aromatic heterocycles. The minimum Gasteiger partial charge on any atom is -0.274 e. The molecule has 11 amide bonds. The fraction of sp³-hybridized carbons (Fsp3) is 0.392. The first kappa shape index (κ1) is 63.3. The normalized spacial score (nSPS) is 13.6. The number of benzene rings is 2. The summed E-state index contributed by atoms with van der Waals surface area (Å²) in [6, 6.07) is 12.1. The molecule has 69 heavy (non-hydrogen) atoms. The van der Waals surface area contributed by atoms with Crippen LogP contribution in [0.5, 0.6) is 0 Å². The summed E-state index contributed by atoms with van der Waals surface area (Å²) < 4.78 is 24.4. The third kappa shape index (κ3) is 17.4. The van der Waals surface area contributed by atoms with Gasteiger partial charge in [0.1, 0.15) is 4.90 Å². The van der Waals surface area contributed by atoms with Crippen LogP contribution in [0.4, 0.5) is 0 Å². The van der Waals surface area contributed by atoms with Crippen LogP contribution in [0.2, 0.25) is 0 Å². The van der Waals surface area contributed by atoms with Crippen LogP contribution in [0.3, 0.4) is 0 Å². The molecule has 2 aromatic rings.